The predicted molar refractivity (Wildman–Crippen MR) is 176 cm³/mol. The van der Waals surface area contributed by atoms with E-state index >= 15 is 0 Å². The molecule has 1 unspecified atom stereocenters. The van der Waals surface area contributed by atoms with Crippen LogP contribution in [0, 0.1) is 12.3 Å². The van der Waals surface area contributed by atoms with Gasteiger partial charge in [0.25, 0.3) is 0 Å². The maximum Gasteiger partial charge on any atom is 0.416 e. The Morgan fingerprint density at radius 3 is 2.21 bits per heavy atom. The van der Waals surface area contributed by atoms with Gasteiger partial charge in [-0.05, 0) is 79.4 Å². The number of primary amides is 1. The minimum absolute atomic E-state index is 0.0367. The van der Waals surface area contributed by atoms with E-state index in [2.05, 4.69) is 0 Å². The van der Waals surface area contributed by atoms with E-state index in [-0.39, 0.29) is 29.3 Å². The molecule has 0 radical (unpaired) electrons. The fourth-order valence-electron chi connectivity index (χ4n) is 6.35. The second-order valence-corrected chi connectivity index (χ2v) is 13.9. The number of hydrogen-bond acceptors (Lipinski definition) is 6. The molecule has 1 atom stereocenters. The Morgan fingerprint density at radius 2 is 1.62 bits per heavy atom. The van der Waals surface area contributed by atoms with Crippen molar-refractivity contribution < 1.29 is 22.8 Å². The normalized spacial score (nSPS) is 18.1. The second-order valence-electron chi connectivity index (χ2n) is 12.4. The zero-order chi connectivity index (χ0) is 33.8. The van der Waals surface area contributed by atoms with E-state index in [1.165, 1.54) is 28.8 Å². The number of alkyl halides is 3. The molecule has 4 N–H and O–H groups in total. The van der Waals surface area contributed by atoms with Gasteiger partial charge < -0.3 is 11.5 Å². The molecular formula is C35H31ClF3N5O2S. The van der Waals surface area contributed by atoms with Gasteiger partial charge >= 0.3 is 6.18 Å². The van der Waals surface area contributed by atoms with Crippen LogP contribution >= 0.6 is 23.4 Å². The summed E-state index contributed by atoms with van der Waals surface area (Å²) in [5, 5.41) is 6.09. The van der Waals surface area contributed by atoms with E-state index in [4.69, 9.17) is 28.2 Å². The molecule has 242 valence electrons. The Morgan fingerprint density at radius 1 is 0.979 bits per heavy atom. The molecule has 1 aliphatic carbocycles. The number of carbonyl (C=O) groups is 2. The van der Waals surface area contributed by atoms with E-state index in [9.17, 15) is 22.8 Å². The van der Waals surface area contributed by atoms with Gasteiger partial charge in [-0.3, -0.25) is 14.5 Å². The van der Waals surface area contributed by atoms with Gasteiger partial charge in [-0.1, -0.05) is 55.4 Å². The first-order chi connectivity index (χ1) is 22.2. The molecule has 2 aliphatic rings. The number of halogens is 4. The number of aryl methyl sites for hydroxylation is 1. The number of carbonyl (C=O) groups excluding carboxylic acids is 2. The van der Waals surface area contributed by atoms with Crippen molar-refractivity contribution in [2.45, 2.75) is 55.6 Å². The fourth-order valence-corrected chi connectivity index (χ4v) is 7.58. The highest BCUT2D eigenvalue weighted by Gasteiger charge is 2.47. The minimum Gasteiger partial charge on any atom is -0.384 e. The molecule has 1 amide bonds. The van der Waals surface area contributed by atoms with Gasteiger partial charge in [0.15, 0.2) is 5.78 Å². The largest absolute Gasteiger partial charge is 0.416 e. The van der Waals surface area contributed by atoms with E-state index in [1.54, 1.807) is 23.7 Å². The lowest BCUT2D eigenvalue weighted by molar-refractivity contribution is -0.137. The van der Waals surface area contributed by atoms with Crippen LogP contribution < -0.4 is 16.4 Å². The van der Waals surface area contributed by atoms with Crippen LogP contribution in [0.3, 0.4) is 0 Å². The van der Waals surface area contributed by atoms with Crippen LogP contribution in [-0.2, 0) is 15.8 Å². The van der Waals surface area contributed by atoms with E-state index < -0.39 is 29.0 Å². The maximum atomic E-state index is 14.3. The summed E-state index contributed by atoms with van der Waals surface area (Å²) < 4.78 is 42.2. The van der Waals surface area contributed by atoms with Crippen LogP contribution in [0.4, 0.5) is 18.9 Å². The Bertz CT molecular complexity index is 1950. The first kappa shape index (κ1) is 32.5. The number of rotatable bonds is 6. The molecule has 2 heterocycles. The summed E-state index contributed by atoms with van der Waals surface area (Å²) in [4.78, 5) is 30.0. The summed E-state index contributed by atoms with van der Waals surface area (Å²) in [5.41, 5.74) is 14.5. The number of benzene rings is 3. The van der Waals surface area contributed by atoms with Crippen LogP contribution in [-0.4, -0.2) is 21.5 Å². The molecule has 6 rings (SSSR count). The number of amides is 1. The molecule has 0 bridgehead atoms. The smallest absolute Gasteiger partial charge is 0.384 e. The number of ketones is 1. The Hall–Kier alpha value is -4.48. The molecule has 7 nitrogen and oxygen atoms in total. The summed E-state index contributed by atoms with van der Waals surface area (Å²) in [6.45, 7) is 5.69. The molecule has 3 aromatic carbocycles. The Kier molecular flexibility index (Phi) is 8.26. The number of anilines is 1. The van der Waals surface area contributed by atoms with Crippen molar-refractivity contribution in [1.29, 1.82) is 0 Å². The van der Waals surface area contributed by atoms with Crippen molar-refractivity contribution in [1.82, 2.24) is 9.78 Å². The molecule has 1 aliphatic heterocycles. The van der Waals surface area contributed by atoms with Crippen LogP contribution in [0.5, 0.6) is 0 Å². The average molecular weight is 678 g/mol. The number of nitrogens with zero attached hydrogens (tertiary/aromatic N) is 3. The lowest BCUT2D eigenvalue weighted by Gasteiger charge is -2.44. The predicted octanol–water partition coefficient (Wildman–Crippen LogP) is 7.91. The number of nitrogens with two attached hydrogens (primary N) is 2. The van der Waals surface area contributed by atoms with Gasteiger partial charge in [0.2, 0.25) is 5.91 Å². The molecule has 0 spiro atoms. The third-order valence-electron chi connectivity index (χ3n) is 8.36. The monoisotopic (exact) mass is 677 g/mol. The number of hydrogen-bond donors (Lipinski definition) is 2. The number of para-hydroxylation sites is 1. The third-order valence-corrected chi connectivity index (χ3v) is 9.71. The van der Waals surface area contributed by atoms with Crippen LogP contribution in [0.25, 0.3) is 5.69 Å². The van der Waals surface area contributed by atoms with Gasteiger partial charge in [-0.2, -0.15) is 18.3 Å². The molecular weight excluding hydrogens is 647 g/mol. The van der Waals surface area contributed by atoms with E-state index in [0.29, 0.717) is 39.0 Å². The zero-order valence-corrected chi connectivity index (χ0v) is 27.3. The Labute approximate surface area is 279 Å². The van der Waals surface area contributed by atoms with Crippen LogP contribution in [0.15, 0.2) is 111 Å². The lowest BCUT2D eigenvalue weighted by Crippen LogP contribution is -2.44. The molecule has 1 aromatic heterocycles. The number of aromatic nitrogens is 2. The van der Waals surface area contributed by atoms with Crippen molar-refractivity contribution >= 4 is 40.7 Å². The second kappa shape index (κ2) is 12.0. The molecule has 12 heteroatoms. The van der Waals surface area contributed by atoms with Gasteiger partial charge in [0.1, 0.15) is 10.8 Å². The van der Waals surface area contributed by atoms with Crippen molar-refractivity contribution in [3.05, 3.63) is 123 Å². The zero-order valence-electron chi connectivity index (χ0n) is 25.7. The maximum absolute atomic E-state index is 14.3. The minimum atomic E-state index is -4.55. The summed E-state index contributed by atoms with van der Waals surface area (Å²) in [6, 6.07) is 21.2. The lowest BCUT2D eigenvalue weighted by atomic mass is 9.68. The topological polar surface area (TPSA) is 107 Å². The quantitative estimate of drug-likeness (QED) is 0.215. The van der Waals surface area contributed by atoms with Crippen LogP contribution in [0.2, 0.25) is 5.02 Å². The van der Waals surface area contributed by atoms with Gasteiger partial charge in [0, 0.05) is 38.9 Å². The third kappa shape index (κ3) is 6.05. The first-order valence-corrected chi connectivity index (χ1v) is 16.0. The standard InChI is InChI=1S/C35H31ClF3N5O2S/c1-19-27(33(47-24-15-11-21(36)12-16-24)44(42-19)23-7-5-4-6-8-23)29-28-25(17-34(2,3)18-26(28)45)43(31(40)30(29)32(41)46)22-13-9-20(10-14-22)35(37,38)39/h4-16,29H,17-18,40H2,1-3H3,(H2,41,46). The summed E-state index contributed by atoms with van der Waals surface area (Å²) in [7, 11) is 0. The van der Waals surface area contributed by atoms with Crippen molar-refractivity contribution in [3.63, 3.8) is 0 Å². The molecule has 4 aromatic rings. The van der Waals surface area contributed by atoms with Crippen molar-refractivity contribution in [2.24, 2.45) is 16.9 Å². The molecule has 0 fully saturated rings. The van der Waals surface area contributed by atoms with Gasteiger partial charge in [0.05, 0.1) is 28.4 Å². The molecule has 0 saturated heterocycles. The van der Waals surface area contributed by atoms with Crippen LogP contribution in [0.1, 0.15) is 49.4 Å². The number of Topliss-reactive ketones (excluding diaryl/α,β-unsaturated/α-hetero) is 1. The van der Waals surface area contributed by atoms with E-state index in [1.807, 2.05) is 56.3 Å². The van der Waals surface area contributed by atoms with Gasteiger partial charge in [-0.15, -0.1) is 0 Å². The molecule has 47 heavy (non-hydrogen) atoms. The first-order valence-electron chi connectivity index (χ1n) is 14.8. The summed E-state index contributed by atoms with van der Waals surface area (Å²) >= 11 is 7.56. The van der Waals surface area contributed by atoms with E-state index in [0.717, 1.165) is 22.7 Å². The SMILES string of the molecule is Cc1nn(-c2ccccc2)c(Sc2ccc(Cl)cc2)c1C1C(C(N)=O)=C(N)N(c2ccc(C(F)(F)F)cc2)C2=C1C(=O)CC(C)(C)C2. The fraction of sp³-hybridized carbons (Fsp3) is 0.229. The highest BCUT2D eigenvalue weighted by atomic mass is 35.5. The molecule has 0 saturated carbocycles. The van der Waals surface area contributed by atoms with Crippen molar-refractivity contribution in [3.8, 4) is 5.69 Å². The summed E-state index contributed by atoms with van der Waals surface area (Å²) in [5.74, 6) is -2.11. The Balaban J connectivity index is 1.63. The average Bonchev–Trinajstić information content (AvgIpc) is 3.32. The highest BCUT2D eigenvalue weighted by Crippen LogP contribution is 2.53. The summed E-state index contributed by atoms with van der Waals surface area (Å²) in [6.07, 6.45) is -4.00. The van der Waals surface area contributed by atoms with Gasteiger partial charge in [-0.25, -0.2) is 4.68 Å². The van der Waals surface area contributed by atoms with Crippen molar-refractivity contribution in [2.75, 3.05) is 4.90 Å². The highest BCUT2D eigenvalue weighted by molar-refractivity contribution is 7.99. The number of allylic oxidation sites excluding steroid dienone is 2.